The zero-order valence-electron chi connectivity index (χ0n) is 18.4. The Morgan fingerprint density at radius 2 is 1.58 bits per heavy atom. The predicted molar refractivity (Wildman–Crippen MR) is 124 cm³/mol. The monoisotopic (exact) mass is 449 g/mol. The number of anilines is 1. The minimum atomic E-state index is -1.12. The topological polar surface area (TPSA) is 105 Å². The minimum absolute atomic E-state index is 0.108. The van der Waals surface area contributed by atoms with Gasteiger partial charge in [-0.2, -0.15) is 0 Å². The molecule has 3 rings (SSSR count). The normalized spacial score (nSPS) is 15.0. The van der Waals surface area contributed by atoms with Crippen LogP contribution in [0.4, 0.5) is 10.5 Å². The van der Waals surface area contributed by atoms with E-state index in [1.54, 1.807) is 41.3 Å². The van der Waals surface area contributed by atoms with Crippen molar-refractivity contribution in [3.8, 4) is 0 Å². The Morgan fingerprint density at radius 1 is 0.970 bits per heavy atom. The number of hydrogen-bond acceptors (Lipinski definition) is 5. The zero-order valence-corrected chi connectivity index (χ0v) is 18.4. The van der Waals surface area contributed by atoms with Crippen LogP contribution in [0.3, 0.4) is 0 Å². The van der Waals surface area contributed by atoms with Crippen LogP contribution in [-0.4, -0.2) is 47.9 Å². The number of carbonyl (C=O) groups is 4. The highest BCUT2D eigenvalue weighted by molar-refractivity contribution is 6.02. The Hall–Kier alpha value is -3.94. The quantitative estimate of drug-likeness (QED) is 0.521. The van der Waals surface area contributed by atoms with Crippen molar-refractivity contribution in [2.24, 2.45) is 5.92 Å². The van der Waals surface area contributed by atoms with Crippen molar-refractivity contribution >= 4 is 35.6 Å². The van der Waals surface area contributed by atoms with Gasteiger partial charge in [0.2, 0.25) is 5.91 Å². The number of imide groups is 1. The van der Waals surface area contributed by atoms with Crippen LogP contribution in [-0.2, 0) is 19.1 Å². The van der Waals surface area contributed by atoms with Crippen LogP contribution in [0, 0.1) is 5.92 Å². The highest BCUT2D eigenvalue weighted by atomic mass is 16.5. The van der Waals surface area contributed by atoms with Gasteiger partial charge in [-0.15, -0.1) is 0 Å². The van der Waals surface area contributed by atoms with Gasteiger partial charge in [0.25, 0.3) is 5.91 Å². The van der Waals surface area contributed by atoms with Crippen LogP contribution < -0.4 is 10.6 Å². The summed E-state index contributed by atoms with van der Waals surface area (Å²) in [5.41, 5.74) is 1.47. The molecule has 1 aliphatic heterocycles. The number of ether oxygens (including phenoxy) is 1. The lowest BCUT2D eigenvalue weighted by molar-refractivity contribution is -0.160. The van der Waals surface area contributed by atoms with Gasteiger partial charge in [0.05, 0.1) is 5.92 Å². The van der Waals surface area contributed by atoms with E-state index in [1.165, 1.54) is 13.0 Å². The van der Waals surface area contributed by atoms with Crippen molar-refractivity contribution in [2.45, 2.75) is 25.9 Å². The van der Waals surface area contributed by atoms with Gasteiger partial charge in [-0.1, -0.05) is 48.5 Å². The molecule has 33 heavy (non-hydrogen) atoms. The van der Waals surface area contributed by atoms with E-state index < -0.39 is 29.9 Å². The number of piperidine rings is 1. The van der Waals surface area contributed by atoms with Gasteiger partial charge in [0.15, 0.2) is 6.10 Å². The lowest BCUT2D eigenvalue weighted by Gasteiger charge is -2.30. The maximum Gasteiger partial charge on any atom is 0.325 e. The standard InChI is InChI=1S/C25H27N3O5/c1-18(23(30)27-25(32)26-21-10-6-3-7-11-21)33-24(31)20-14-16-28(17-15-20)22(29)13-12-19-8-4-2-5-9-19/h2-13,18,20H,14-17H2,1H3,(H2,26,27,30,32)/b13-12+. The fourth-order valence-corrected chi connectivity index (χ4v) is 3.39. The van der Waals surface area contributed by atoms with Gasteiger partial charge in [-0.25, -0.2) is 4.79 Å². The summed E-state index contributed by atoms with van der Waals surface area (Å²) in [5.74, 6) is -1.73. The Bertz CT molecular complexity index is 999. The van der Waals surface area contributed by atoms with Crippen molar-refractivity contribution < 1.29 is 23.9 Å². The third kappa shape index (κ3) is 7.31. The SMILES string of the molecule is CC(OC(=O)C1CCN(C(=O)/C=C/c2ccccc2)CC1)C(=O)NC(=O)Nc1ccccc1. The molecule has 2 N–H and O–H groups in total. The fourth-order valence-electron chi connectivity index (χ4n) is 3.39. The molecule has 4 amide bonds. The smallest absolute Gasteiger partial charge is 0.325 e. The van der Waals surface area contributed by atoms with Crippen LogP contribution in [0.1, 0.15) is 25.3 Å². The van der Waals surface area contributed by atoms with Gasteiger partial charge in [0, 0.05) is 24.9 Å². The number of nitrogens with one attached hydrogen (secondary N) is 2. The molecule has 1 fully saturated rings. The third-order valence-electron chi connectivity index (χ3n) is 5.29. The summed E-state index contributed by atoms with van der Waals surface area (Å²) in [6.07, 6.45) is 3.07. The average Bonchev–Trinajstić information content (AvgIpc) is 2.83. The van der Waals surface area contributed by atoms with Gasteiger partial charge in [-0.05, 0) is 43.5 Å². The first-order valence-corrected chi connectivity index (χ1v) is 10.8. The predicted octanol–water partition coefficient (Wildman–Crippen LogP) is 3.22. The summed E-state index contributed by atoms with van der Waals surface area (Å²) in [7, 11) is 0. The molecule has 1 atom stereocenters. The number of benzene rings is 2. The molecule has 1 saturated heterocycles. The van der Waals surface area contributed by atoms with Crippen molar-refractivity contribution in [1.29, 1.82) is 0 Å². The zero-order chi connectivity index (χ0) is 23.6. The summed E-state index contributed by atoms with van der Waals surface area (Å²) >= 11 is 0. The molecule has 2 aromatic carbocycles. The van der Waals surface area contributed by atoms with Crippen LogP contribution >= 0.6 is 0 Å². The number of urea groups is 1. The Labute approximate surface area is 192 Å². The van der Waals surface area contributed by atoms with Crippen LogP contribution in [0.2, 0.25) is 0 Å². The number of esters is 1. The molecule has 2 aromatic rings. The molecule has 1 heterocycles. The molecule has 0 aliphatic carbocycles. The molecule has 0 aromatic heterocycles. The van der Waals surface area contributed by atoms with E-state index in [9.17, 15) is 19.2 Å². The number of nitrogens with zero attached hydrogens (tertiary/aromatic N) is 1. The maximum absolute atomic E-state index is 12.5. The second kappa shape index (κ2) is 11.6. The number of likely N-dealkylation sites (tertiary alicyclic amines) is 1. The molecular formula is C25H27N3O5. The van der Waals surface area contributed by atoms with Crippen LogP contribution in [0.5, 0.6) is 0 Å². The molecule has 1 unspecified atom stereocenters. The third-order valence-corrected chi connectivity index (χ3v) is 5.29. The number of rotatable bonds is 6. The van der Waals surface area contributed by atoms with Gasteiger partial charge < -0.3 is 15.0 Å². The molecular weight excluding hydrogens is 422 g/mol. The van der Waals surface area contributed by atoms with Crippen LogP contribution in [0.15, 0.2) is 66.7 Å². The van der Waals surface area contributed by atoms with E-state index in [1.807, 2.05) is 30.3 Å². The first kappa shape index (κ1) is 23.7. The molecule has 0 radical (unpaired) electrons. The molecule has 0 bridgehead atoms. The van der Waals surface area contributed by atoms with E-state index in [-0.39, 0.29) is 5.91 Å². The molecule has 8 heteroatoms. The molecule has 0 saturated carbocycles. The first-order valence-electron chi connectivity index (χ1n) is 10.8. The lowest BCUT2D eigenvalue weighted by Crippen LogP contribution is -2.44. The molecule has 0 spiro atoms. The summed E-state index contributed by atoms with van der Waals surface area (Å²) < 4.78 is 5.26. The van der Waals surface area contributed by atoms with Gasteiger partial charge >= 0.3 is 12.0 Å². The minimum Gasteiger partial charge on any atom is -0.452 e. The van der Waals surface area contributed by atoms with E-state index in [4.69, 9.17) is 4.74 Å². The van der Waals surface area contributed by atoms with Crippen molar-refractivity contribution in [3.05, 3.63) is 72.3 Å². The Balaban J connectivity index is 1.40. The lowest BCUT2D eigenvalue weighted by atomic mass is 9.97. The molecule has 8 nitrogen and oxygen atoms in total. The van der Waals surface area contributed by atoms with Crippen molar-refractivity contribution in [1.82, 2.24) is 10.2 Å². The Morgan fingerprint density at radius 3 is 2.21 bits per heavy atom. The molecule has 1 aliphatic rings. The summed E-state index contributed by atoms with van der Waals surface area (Å²) in [6, 6.07) is 17.5. The average molecular weight is 450 g/mol. The number of amides is 4. The number of para-hydroxylation sites is 1. The first-order chi connectivity index (χ1) is 15.9. The van der Waals surface area contributed by atoms with E-state index in [2.05, 4.69) is 10.6 Å². The summed E-state index contributed by atoms with van der Waals surface area (Å²) in [6.45, 7) is 2.27. The fraction of sp³-hybridized carbons (Fsp3) is 0.280. The summed E-state index contributed by atoms with van der Waals surface area (Å²) in [4.78, 5) is 50.6. The second-order valence-corrected chi connectivity index (χ2v) is 7.73. The van der Waals surface area contributed by atoms with E-state index in [0.29, 0.717) is 31.6 Å². The largest absolute Gasteiger partial charge is 0.452 e. The number of hydrogen-bond donors (Lipinski definition) is 2. The summed E-state index contributed by atoms with van der Waals surface area (Å²) in [5, 5.41) is 4.69. The van der Waals surface area contributed by atoms with Crippen molar-refractivity contribution in [2.75, 3.05) is 18.4 Å². The van der Waals surface area contributed by atoms with E-state index in [0.717, 1.165) is 5.56 Å². The van der Waals surface area contributed by atoms with Crippen molar-refractivity contribution in [3.63, 3.8) is 0 Å². The van der Waals surface area contributed by atoms with Gasteiger partial charge in [0.1, 0.15) is 0 Å². The van der Waals surface area contributed by atoms with Gasteiger partial charge in [-0.3, -0.25) is 19.7 Å². The van der Waals surface area contributed by atoms with E-state index >= 15 is 0 Å². The van der Waals surface area contributed by atoms with Crippen LogP contribution in [0.25, 0.3) is 6.08 Å². The highest BCUT2D eigenvalue weighted by Gasteiger charge is 2.30. The maximum atomic E-state index is 12.5. The molecule has 172 valence electrons. The number of carbonyl (C=O) groups excluding carboxylic acids is 4. The highest BCUT2D eigenvalue weighted by Crippen LogP contribution is 2.20. The Kier molecular flexibility index (Phi) is 8.35. The second-order valence-electron chi connectivity index (χ2n) is 7.73.